The van der Waals surface area contributed by atoms with Gasteiger partial charge in [0, 0.05) is 19.0 Å². The maximum Gasteiger partial charge on any atom is 0.138 e. The van der Waals surface area contributed by atoms with Crippen molar-refractivity contribution < 1.29 is 0 Å². The summed E-state index contributed by atoms with van der Waals surface area (Å²) >= 11 is 0. The molecule has 2 N–H and O–H groups in total. The number of nitrogens with two attached hydrogens (primary N) is 1. The molecule has 0 saturated heterocycles. The Morgan fingerprint density at radius 2 is 2.31 bits per heavy atom. The van der Waals surface area contributed by atoms with Gasteiger partial charge < -0.3 is 5.73 Å². The molecule has 2 unspecified atom stereocenters. The van der Waals surface area contributed by atoms with Gasteiger partial charge in [-0.3, -0.25) is 4.68 Å². The second kappa shape index (κ2) is 4.17. The van der Waals surface area contributed by atoms with E-state index in [4.69, 9.17) is 5.73 Å². The van der Waals surface area contributed by atoms with Crippen molar-refractivity contribution in [1.82, 2.24) is 14.8 Å². The Hall–Kier alpha value is -0.900. The average Bonchev–Trinajstić information content (AvgIpc) is 2.65. The van der Waals surface area contributed by atoms with E-state index < -0.39 is 0 Å². The molecule has 0 aromatic carbocycles. The van der Waals surface area contributed by atoms with Gasteiger partial charge >= 0.3 is 0 Å². The summed E-state index contributed by atoms with van der Waals surface area (Å²) in [7, 11) is 0. The van der Waals surface area contributed by atoms with E-state index >= 15 is 0 Å². The standard InChI is InChI=1S/C12H22N4/c1-4-5-16-11(14-8-15-16)6-10(13)9-7-12(9,2)3/h8-10H,4-7,13H2,1-3H3. The van der Waals surface area contributed by atoms with Crippen molar-refractivity contribution in [1.29, 1.82) is 0 Å². The number of hydrogen-bond acceptors (Lipinski definition) is 3. The highest BCUT2D eigenvalue weighted by Crippen LogP contribution is 2.53. The highest BCUT2D eigenvalue weighted by Gasteiger charge is 2.48. The van der Waals surface area contributed by atoms with Gasteiger partial charge in [0.2, 0.25) is 0 Å². The zero-order valence-electron chi connectivity index (χ0n) is 10.5. The second-order valence-corrected chi connectivity index (χ2v) is 5.57. The third-order valence-corrected chi connectivity index (χ3v) is 3.66. The Kier molecular flexibility index (Phi) is 3.02. The summed E-state index contributed by atoms with van der Waals surface area (Å²) in [6.45, 7) is 7.66. The summed E-state index contributed by atoms with van der Waals surface area (Å²) < 4.78 is 1.98. The molecule has 16 heavy (non-hydrogen) atoms. The van der Waals surface area contributed by atoms with E-state index in [1.54, 1.807) is 6.33 Å². The number of aryl methyl sites for hydroxylation is 1. The lowest BCUT2D eigenvalue weighted by molar-refractivity contribution is 0.456. The third-order valence-electron chi connectivity index (χ3n) is 3.66. The molecule has 1 aromatic rings. The molecule has 1 aliphatic carbocycles. The summed E-state index contributed by atoms with van der Waals surface area (Å²) in [5.41, 5.74) is 6.67. The lowest BCUT2D eigenvalue weighted by Gasteiger charge is -2.13. The van der Waals surface area contributed by atoms with Gasteiger partial charge in [-0.25, -0.2) is 4.98 Å². The molecule has 1 saturated carbocycles. The van der Waals surface area contributed by atoms with Crippen LogP contribution in [0.4, 0.5) is 0 Å². The smallest absolute Gasteiger partial charge is 0.138 e. The van der Waals surface area contributed by atoms with Crippen LogP contribution in [0.3, 0.4) is 0 Å². The lowest BCUT2D eigenvalue weighted by Crippen LogP contribution is -2.29. The molecule has 4 heteroatoms. The van der Waals surface area contributed by atoms with Crippen LogP contribution in [0.15, 0.2) is 6.33 Å². The predicted molar refractivity (Wildman–Crippen MR) is 63.9 cm³/mol. The Balaban J connectivity index is 1.96. The molecule has 0 spiro atoms. The van der Waals surface area contributed by atoms with Crippen molar-refractivity contribution in [2.45, 2.75) is 52.6 Å². The van der Waals surface area contributed by atoms with Crippen LogP contribution in [0.1, 0.15) is 39.4 Å². The molecule has 0 radical (unpaired) electrons. The van der Waals surface area contributed by atoms with Crippen LogP contribution in [0, 0.1) is 11.3 Å². The van der Waals surface area contributed by atoms with Crippen LogP contribution < -0.4 is 5.73 Å². The van der Waals surface area contributed by atoms with Gasteiger partial charge in [0.25, 0.3) is 0 Å². The summed E-state index contributed by atoms with van der Waals surface area (Å²) in [6.07, 6.45) is 4.82. The van der Waals surface area contributed by atoms with Gasteiger partial charge in [0.1, 0.15) is 12.2 Å². The van der Waals surface area contributed by atoms with E-state index in [9.17, 15) is 0 Å². The molecule has 2 atom stereocenters. The molecule has 0 amide bonds. The Morgan fingerprint density at radius 1 is 1.62 bits per heavy atom. The van der Waals surface area contributed by atoms with E-state index in [0.717, 1.165) is 25.2 Å². The summed E-state index contributed by atoms with van der Waals surface area (Å²) in [5.74, 6) is 1.69. The third kappa shape index (κ3) is 2.26. The number of rotatable bonds is 5. The first-order chi connectivity index (χ1) is 7.54. The molecule has 1 aliphatic rings. The zero-order valence-corrected chi connectivity index (χ0v) is 10.5. The lowest BCUT2D eigenvalue weighted by atomic mass is 10.0. The molecular formula is C12H22N4. The van der Waals surface area contributed by atoms with E-state index in [1.807, 2.05) is 4.68 Å². The maximum absolute atomic E-state index is 6.23. The minimum Gasteiger partial charge on any atom is -0.327 e. The van der Waals surface area contributed by atoms with Crippen LogP contribution in [-0.2, 0) is 13.0 Å². The van der Waals surface area contributed by atoms with Crippen molar-refractivity contribution in [3.8, 4) is 0 Å². The first kappa shape index (κ1) is 11.6. The predicted octanol–water partition coefficient (Wildman–Crippen LogP) is 1.60. The largest absolute Gasteiger partial charge is 0.327 e. The van der Waals surface area contributed by atoms with Crippen LogP contribution in [-0.4, -0.2) is 20.8 Å². The maximum atomic E-state index is 6.23. The first-order valence-electron chi connectivity index (χ1n) is 6.17. The zero-order chi connectivity index (χ0) is 11.8. The molecule has 0 aliphatic heterocycles. The Morgan fingerprint density at radius 3 is 2.88 bits per heavy atom. The number of hydrogen-bond donors (Lipinski definition) is 1. The molecule has 4 nitrogen and oxygen atoms in total. The molecule has 2 rings (SSSR count). The van der Waals surface area contributed by atoms with Crippen molar-refractivity contribution in [3.05, 3.63) is 12.2 Å². The van der Waals surface area contributed by atoms with Crippen molar-refractivity contribution >= 4 is 0 Å². The summed E-state index contributed by atoms with van der Waals surface area (Å²) in [5, 5.41) is 4.23. The molecule has 1 fully saturated rings. The average molecular weight is 222 g/mol. The van der Waals surface area contributed by atoms with Crippen LogP contribution in [0.5, 0.6) is 0 Å². The van der Waals surface area contributed by atoms with Crippen molar-refractivity contribution in [2.24, 2.45) is 17.1 Å². The van der Waals surface area contributed by atoms with Gasteiger partial charge in [0.15, 0.2) is 0 Å². The number of aromatic nitrogens is 3. The van der Waals surface area contributed by atoms with Gasteiger partial charge in [-0.2, -0.15) is 5.10 Å². The number of nitrogens with zero attached hydrogens (tertiary/aromatic N) is 3. The van der Waals surface area contributed by atoms with Gasteiger partial charge in [-0.15, -0.1) is 0 Å². The fraction of sp³-hybridized carbons (Fsp3) is 0.833. The molecule has 0 bridgehead atoms. The minimum atomic E-state index is 0.231. The van der Waals surface area contributed by atoms with Crippen LogP contribution in [0.2, 0.25) is 0 Å². The normalized spacial score (nSPS) is 24.4. The topological polar surface area (TPSA) is 56.7 Å². The quantitative estimate of drug-likeness (QED) is 0.823. The van der Waals surface area contributed by atoms with Crippen LogP contribution >= 0.6 is 0 Å². The van der Waals surface area contributed by atoms with Crippen molar-refractivity contribution in [3.63, 3.8) is 0 Å². The SMILES string of the molecule is CCCn1ncnc1CC(N)C1CC1(C)C. The highest BCUT2D eigenvalue weighted by molar-refractivity contribution is 5.04. The molecule has 1 heterocycles. The fourth-order valence-corrected chi connectivity index (χ4v) is 2.44. The Labute approximate surface area is 97.2 Å². The van der Waals surface area contributed by atoms with Gasteiger partial charge in [-0.1, -0.05) is 20.8 Å². The van der Waals surface area contributed by atoms with E-state index in [2.05, 4.69) is 30.9 Å². The first-order valence-corrected chi connectivity index (χ1v) is 6.17. The fourth-order valence-electron chi connectivity index (χ4n) is 2.44. The van der Waals surface area contributed by atoms with Gasteiger partial charge in [-0.05, 0) is 24.2 Å². The monoisotopic (exact) mass is 222 g/mol. The Bertz CT molecular complexity index is 356. The van der Waals surface area contributed by atoms with E-state index in [1.165, 1.54) is 6.42 Å². The highest BCUT2D eigenvalue weighted by atomic mass is 15.3. The van der Waals surface area contributed by atoms with Crippen molar-refractivity contribution in [2.75, 3.05) is 0 Å². The summed E-state index contributed by atoms with van der Waals surface area (Å²) in [6, 6.07) is 0.231. The second-order valence-electron chi connectivity index (χ2n) is 5.57. The van der Waals surface area contributed by atoms with E-state index in [0.29, 0.717) is 11.3 Å². The van der Waals surface area contributed by atoms with Crippen LogP contribution in [0.25, 0.3) is 0 Å². The van der Waals surface area contributed by atoms with E-state index in [-0.39, 0.29) is 6.04 Å². The molecular weight excluding hydrogens is 200 g/mol. The molecule has 90 valence electrons. The minimum absolute atomic E-state index is 0.231. The molecule has 1 aromatic heterocycles. The summed E-state index contributed by atoms with van der Waals surface area (Å²) in [4.78, 5) is 4.30. The van der Waals surface area contributed by atoms with Gasteiger partial charge in [0.05, 0.1) is 0 Å².